The molecule has 0 radical (unpaired) electrons. The van der Waals surface area contributed by atoms with Crippen LogP contribution in [0.3, 0.4) is 0 Å². The van der Waals surface area contributed by atoms with Gasteiger partial charge in [-0.3, -0.25) is 4.79 Å². The van der Waals surface area contributed by atoms with Gasteiger partial charge in [-0.05, 0) is 91.7 Å². The molecule has 6 aromatic rings. The van der Waals surface area contributed by atoms with Gasteiger partial charge in [0.05, 0.1) is 33.0 Å². The molecule has 0 unspecified atom stereocenters. The van der Waals surface area contributed by atoms with Crippen LogP contribution >= 0.6 is 11.6 Å². The normalized spacial score (nSPS) is 11.3. The minimum absolute atomic E-state index is 0.0206. The number of hydrogen-bond donors (Lipinski definition) is 1. The first-order chi connectivity index (χ1) is 27.9. The number of hydrogen-bond acceptors (Lipinski definition) is 5. The van der Waals surface area contributed by atoms with Crippen LogP contribution in [0.4, 0.5) is 26.3 Å². The molecule has 14 heteroatoms. The summed E-state index contributed by atoms with van der Waals surface area (Å²) in [5.41, 5.74) is 1.47. The van der Waals surface area contributed by atoms with Crippen LogP contribution in [-0.2, 0) is 30.4 Å². The zero-order valence-electron chi connectivity index (χ0n) is 31.5. The highest BCUT2D eigenvalue weighted by Crippen LogP contribution is 2.40. The number of nitrogens with zero attached hydrogens (tertiary/aromatic N) is 1. The van der Waals surface area contributed by atoms with Crippen LogP contribution in [0.25, 0.3) is 16.9 Å². The molecule has 0 spiro atoms. The van der Waals surface area contributed by atoms with E-state index in [-0.39, 0.29) is 65.1 Å². The number of aryl methyl sites for hydroxylation is 1. The Morgan fingerprint density at radius 3 is 1.73 bits per heavy atom. The van der Waals surface area contributed by atoms with Crippen LogP contribution in [0.2, 0.25) is 5.02 Å². The summed E-state index contributed by atoms with van der Waals surface area (Å²) in [6.07, 6.45) is -9.28. The summed E-state index contributed by atoms with van der Waals surface area (Å²) in [6.45, 7) is 3.39. The van der Waals surface area contributed by atoms with Gasteiger partial charge < -0.3 is 23.9 Å². The van der Waals surface area contributed by atoms with Crippen molar-refractivity contribution >= 4 is 29.1 Å². The number of rotatable bonds is 13. The van der Waals surface area contributed by atoms with Crippen LogP contribution < -0.4 is 9.47 Å². The Labute approximate surface area is 340 Å². The van der Waals surface area contributed by atoms with Crippen molar-refractivity contribution in [3.8, 4) is 28.4 Å². The molecule has 7 nitrogen and oxygen atoms in total. The predicted octanol–water partition coefficient (Wildman–Crippen LogP) is 12.2. The third-order valence-electron chi connectivity index (χ3n) is 8.88. The molecule has 1 heterocycles. The largest absolute Gasteiger partial charge is 0.488 e. The van der Waals surface area contributed by atoms with Crippen molar-refractivity contribution in [2.75, 3.05) is 0 Å². The topological polar surface area (TPSA) is 94.8 Å². The second kappa shape index (κ2) is 18.9. The lowest BCUT2D eigenvalue weighted by molar-refractivity contribution is -0.138. The maximum absolute atomic E-state index is 13.6. The lowest BCUT2D eigenvalue weighted by Gasteiger charge is -2.18. The summed E-state index contributed by atoms with van der Waals surface area (Å²) in [7, 11) is 0. The van der Waals surface area contributed by atoms with Crippen molar-refractivity contribution in [1.29, 1.82) is 0 Å². The summed E-state index contributed by atoms with van der Waals surface area (Å²) < 4.78 is 92.6. The molecule has 59 heavy (non-hydrogen) atoms. The van der Waals surface area contributed by atoms with Crippen molar-refractivity contribution < 1.29 is 55.3 Å². The van der Waals surface area contributed by atoms with E-state index in [2.05, 4.69) is 0 Å². The SMILES string of the molecule is CC(=O)CCC(=O)c1cc(C(F)(F)F)ccc1OCc1ccccc1.Cc1ccc(-c2cc(C(F)(F)F)ccc2OCc2ccccc2)n1-c1ccc(Cl)c(C(=O)O)c1. The third-order valence-corrected chi connectivity index (χ3v) is 9.21. The minimum Gasteiger partial charge on any atom is -0.488 e. The summed E-state index contributed by atoms with van der Waals surface area (Å²) in [5.74, 6) is -1.62. The molecule has 306 valence electrons. The zero-order chi connectivity index (χ0) is 42.9. The average molecular weight is 836 g/mol. The van der Waals surface area contributed by atoms with Gasteiger partial charge in [0.2, 0.25) is 0 Å². The number of carboxylic acids is 1. The lowest BCUT2D eigenvalue weighted by Crippen LogP contribution is -2.10. The van der Waals surface area contributed by atoms with E-state index < -0.39 is 35.2 Å². The van der Waals surface area contributed by atoms with E-state index in [0.717, 1.165) is 41.5 Å². The summed E-state index contributed by atoms with van der Waals surface area (Å²) in [5, 5.41) is 9.52. The van der Waals surface area contributed by atoms with Gasteiger partial charge in [0.1, 0.15) is 30.5 Å². The number of carboxylic acid groups (broad SMARTS) is 1. The van der Waals surface area contributed by atoms with Gasteiger partial charge in [-0.15, -0.1) is 0 Å². The highest BCUT2D eigenvalue weighted by Gasteiger charge is 2.33. The van der Waals surface area contributed by atoms with E-state index in [0.29, 0.717) is 17.1 Å². The number of carbonyl (C=O) groups excluding carboxylic acids is 2. The molecule has 0 saturated carbocycles. The molecule has 0 saturated heterocycles. The fourth-order valence-corrected chi connectivity index (χ4v) is 6.08. The Morgan fingerprint density at radius 1 is 0.644 bits per heavy atom. The quantitative estimate of drug-likeness (QED) is 0.0920. The number of aromatic nitrogens is 1. The molecule has 1 aromatic heterocycles. The Morgan fingerprint density at radius 2 is 1.19 bits per heavy atom. The van der Waals surface area contributed by atoms with Gasteiger partial charge in [0.25, 0.3) is 0 Å². The second-order valence-corrected chi connectivity index (χ2v) is 13.7. The Kier molecular flexibility index (Phi) is 14.1. The second-order valence-electron chi connectivity index (χ2n) is 13.3. The van der Waals surface area contributed by atoms with E-state index in [9.17, 15) is 45.8 Å². The van der Waals surface area contributed by atoms with E-state index in [1.165, 1.54) is 25.1 Å². The summed E-state index contributed by atoms with van der Waals surface area (Å²) in [4.78, 5) is 34.9. The van der Waals surface area contributed by atoms with Gasteiger partial charge >= 0.3 is 18.3 Å². The van der Waals surface area contributed by atoms with Gasteiger partial charge in [-0.25, -0.2) is 4.79 Å². The van der Waals surface area contributed by atoms with Crippen LogP contribution in [0.1, 0.15) is 68.4 Å². The van der Waals surface area contributed by atoms with Crippen LogP contribution in [0.5, 0.6) is 11.5 Å². The van der Waals surface area contributed by atoms with Gasteiger partial charge in [-0.2, -0.15) is 26.3 Å². The standard InChI is InChI=1S/C26H19ClF3NO3.C19H17F3O3/c1-16-7-11-23(31(16)19-9-10-22(27)20(14-19)25(32)33)21-13-18(26(28,29)30)8-12-24(21)34-15-17-5-3-2-4-6-17;1-13(23)7-9-17(24)16-11-15(19(20,21)22)8-10-18(16)25-12-14-5-3-2-4-6-14/h2-14H,15H2,1H3,(H,32,33);2-6,8,10-11H,7,9,12H2,1H3. The number of alkyl halides is 6. The first-order valence-electron chi connectivity index (χ1n) is 17.9. The van der Waals surface area contributed by atoms with Crippen molar-refractivity contribution in [3.63, 3.8) is 0 Å². The Hall–Kier alpha value is -6.34. The molecule has 6 rings (SSSR count). The number of ketones is 2. The monoisotopic (exact) mass is 835 g/mol. The number of benzene rings is 5. The van der Waals surface area contributed by atoms with Crippen LogP contribution in [0.15, 0.2) is 127 Å². The molecular weight excluding hydrogens is 800 g/mol. The first-order valence-corrected chi connectivity index (χ1v) is 18.3. The molecule has 0 bridgehead atoms. The smallest absolute Gasteiger partial charge is 0.416 e. The number of carbonyl (C=O) groups is 3. The van der Waals surface area contributed by atoms with E-state index in [4.69, 9.17) is 21.1 Å². The molecule has 1 N–H and O–H groups in total. The third kappa shape index (κ3) is 11.6. The van der Waals surface area contributed by atoms with Crippen LogP contribution in [0, 0.1) is 6.92 Å². The molecule has 0 aliphatic rings. The highest BCUT2D eigenvalue weighted by molar-refractivity contribution is 6.33. The number of halogens is 7. The number of ether oxygens (including phenoxy) is 2. The van der Waals surface area contributed by atoms with Crippen molar-refractivity contribution in [3.05, 3.63) is 171 Å². The van der Waals surface area contributed by atoms with Crippen molar-refractivity contribution in [1.82, 2.24) is 4.57 Å². The lowest BCUT2D eigenvalue weighted by atomic mass is 10.0. The molecule has 0 atom stereocenters. The van der Waals surface area contributed by atoms with Gasteiger partial charge in [-0.1, -0.05) is 72.3 Å². The summed E-state index contributed by atoms with van der Waals surface area (Å²) >= 11 is 6.01. The first kappa shape index (κ1) is 43.8. The molecule has 0 aliphatic carbocycles. The number of aromatic carboxylic acids is 1. The molecule has 0 amide bonds. The highest BCUT2D eigenvalue weighted by atomic mass is 35.5. The van der Waals surface area contributed by atoms with E-state index >= 15 is 0 Å². The van der Waals surface area contributed by atoms with Crippen molar-refractivity contribution in [2.45, 2.75) is 52.3 Å². The Bertz CT molecular complexity index is 2430. The van der Waals surface area contributed by atoms with Gasteiger partial charge in [0.15, 0.2) is 5.78 Å². The molecule has 0 aliphatic heterocycles. The predicted molar refractivity (Wildman–Crippen MR) is 210 cm³/mol. The summed E-state index contributed by atoms with van der Waals surface area (Å²) in [6, 6.07) is 32.3. The zero-order valence-corrected chi connectivity index (χ0v) is 32.3. The number of Topliss-reactive ketones (excluding diaryl/α,β-unsaturated/α-hetero) is 2. The fraction of sp³-hybridized carbons (Fsp3) is 0.178. The minimum atomic E-state index is -4.56. The van der Waals surface area contributed by atoms with E-state index in [1.54, 1.807) is 41.8 Å². The Balaban J connectivity index is 0.000000236. The fourth-order valence-electron chi connectivity index (χ4n) is 5.89. The van der Waals surface area contributed by atoms with Crippen LogP contribution in [-0.4, -0.2) is 27.2 Å². The van der Waals surface area contributed by atoms with Gasteiger partial charge in [0, 0.05) is 29.8 Å². The molecule has 0 fully saturated rings. The maximum Gasteiger partial charge on any atom is 0.416 e. The average Bonchev–Trinajstić information content (AvgIpc) is 3.59. The molecular formula is C45H36ClF6NO6. The molecule has 5 aromatic carbocycles. The van der Waals surface area contributed by atoms with Crippen molar-refractivity contribution in [2.24, 2.45) is 0 Å². The van der Waals surface area contributed by atoms with E-state index in [1.807, 2.05) is 48.5 Å². The maximum atomic E-state index is 13.6.